The van der Waals surface area contributed by atoms with E-state index >= 15 is 0 Å². The lowest BCUT2D eigenvalue weighted by molar-refractivity contribution is -0.159. The summed E-state index contributed by atoms with van der Waals surface area (Å²) in [5, 5.41) is 0. The maximum absolute atomic E-state index is 14.0. The van der Waals surface area contributed by atoms with E-state index in [1.807, 2.05) is 0 Å². The van der Waals surface area contributed by atoms with Crippen LogP contribution < -0.4 is 5.73 Å². The highest BCUT2D eigenvalue weighted by molar-refractivity contribution is 5.87. The Bertz CT molecular complexity index is 524. The van der Waals surface area contributed by atoms with Gasteiger partial charge in [0.2, 0.25) is 0 Å². The summed E-state index contributed by atoms with van der Waals surface area (Å²) in [7, 11) is 0. The minimum atomic E-state index is -1.01. The monoisotopic (exact) mass is 279 g/mol. The molecular formula is C15H18FNO3. The van der Waals surface area contributed by atoms with Gasteiger partial charge < -0.3 is 10.5 Å². The van der Waals surface area contributed by atoms with Gasteiger partial charge in [0.25, 0.3) is 5.91 Å². The molecule has 20 heavy (non-hydrogen) atoms. The number of halogens is 1. The lowest BCUT2D eigenvalue weighted by atomic mass is 9.78. The Labute approximate surface area is 117 Å². The number of benzene rings is 1. The number of rotatable bonds is 4. The third-order valence-electron chi connectivity index (χ3n) is 3.92. The van der Waals surface area contributed by atoms with Crippen molar-refractivity contribution in [1.82, 2.24) is 0 Å². The maximum Gasteiger partial charge on any atom is 0.317 e. The number of hydrogen-bond donors (Lipinski definition) is 1. The summed E-state index contributed by atoms with van der Waals surface area (Å²) in [5.41, 5.74) is 4.46. The first-order valence-electron chi connectivity index (χ1n) is 6.73. The van der Waals surface area contributed by atoms with Crippen molar-refractivity contribution in [2.45, 2.75) is 44.1 Å². The Morgan fingerprint density at radius 2 is 1.90 bits per heavy atom. The van der Waals surface area contributed by atoms with Crippen LogP contribution in [0, 0.1) is 5.82 Å². The third kappa shape index (κ3) is 2.53. The van der Waals surface area contributed by atoms with Crippen molar-refractivity contribution < 1.29 is 18.7 Å². The summed E-state index contributed by atoms with van der Waals surface area (Å²) in [6.45, 7) is 1.42. The van der Waals surface area contributed by atoms with Crippen molar-refractivity contribution in [2.24, 2.45) is 5.73 Å². The van der Waals surface area contributed by atoms with Crippen molar-refractivity contribution in [3.63, 3.8) is 0 Å². The average molecular weight is 279 g/mol. The molecule has 5 heteroatoms. The molecule has 1 aliphatic carbocycles. The van der Waals surface area contributed by atoms with E-state index in [9.17, 15) is 14.0 Å². The van der Waals surface area contributed by atoms with Gasteiger partial charge >= 0.3 is 5.97 Å². The number of esters is 1. The van der Waals surface area contributed by atoms with E-state index in [0.29, 0.717) is 18.4 Å². The fraction of sp³-hybridized carbons (Fsp3) is 0.467. The topological polar surface area (TPSA) is 69.4 Å². The highest BCUT2D eigenvalue weighted by Crippen LogP contribution is 2.43. The summed E-state index contributed by atoms with van der Waals surface area (Å²) >= 11 is 0. The molecule has 2 rings (SSSR count). The first kappa shape index (κ1) is 14.5. The molecule has 0 heterocycles. The van der Waals surface area contributed by atoms with E-state index in [1.165, 1.54) is 13.0 Å². The van der Waals surface area contributed by atoms with Crippen LogP contribution in [0.25, 0.3) is 0 Å². The Kier molecular flexibility index (Phi) is 4.06. The molecule has 1 aliphatic rings. The molecule has 108 valence electrons. The zero-order chi connectivity index (χ0) is 14.8. The van der Waals surface area contributed by atoms with Crippen LogP contribution in [0.4, 0.5) is 4.39 Å². The molecule has 1 fully saturated rings. The molecule has 0 saturated heterocycles. The number of primary amides is 1. The Morgan fingerprint density at radius 1 is 1.30 bits per heavy atom. The van der Waals surface area contributed by atoms with Crippen molar-refractivity contribution >= 4 is 11.9 Å². The van der Waals surface area contributed by atoms with Crippen LogP contribution in [-0.4, -0.2) is 18.0 Å². The van der Waals surface area contributed by atoms with Crippen LogP contribution in [0.2, 0.25) is 0 Å². The highest BCUT2D eigenvalue weighted by Gasteiger charge is 2.46. The normalized spacial score (nSPS) is 18.5. The van der Waals surface area contributed by atoms with Crippen LogP contribution in [0.3, 0.4) is 0 Å². The van der Waals surface area contributed by atoms with E-state index in [1.54, 1.807) is 18.2 Å². The van der Waals surface area contributed by atoms with Crippen molar-refractivity contribution in [1.29, 1.82) is 0 Å². The predicted octanol–water partition coefficient (Wildman–Crippen LogP) is 2.05. The molecule has 0 radical (unpaired) electrons. The van der Waals surface area contributed by atoms with Gasteiger partial charge in [0.05, 0.1) is 5.41 Å². The van der Waals surface area contributed by atoms with E-state index in [2.05, 4.69) is 0 Å². The molecule has 0 spiro atoms. The first-order valence-corrected chi connectivity index (χ1v) is 6.73. The molecule has 1 amide bonds. The number of carbonyl (C=O) groups excluding carboxylic acids is 2. The third-order valence-corrected chi connectivity index (χ3v) is 3.92. The van der Waals surface area contributed by atoms with Gasteiger partial charge in [-0.1, -0.05) is 31.0 Å². The predicted molar refractivity (Wildman–Crippen MR) is 71.3 cm³/mol. The molecule has 0 aliphatic heterocycles. The van der Waals surface area contributed by atoms with Gasteiger partial charge in [0.15, 0.2) is 6.10 Å². The summed E-state index contributed by atoms with van der Waals surface area (Å²) in [6, 6.07) is 6.22. The fourth-order valence-corrected chi connectivity index (χ4v) is 2.74. The van der Waals surface area contributed by atoms with Crippen LogP contribution in [-0.2, 0) is 19.7 Å². The molecule has 0 unspecified atom stereocenters. The van der Waals surface area contributed by atoms with Crippen molar-refractivity contribution in [2.75, 3.05) is 0 Å². The van der Waals surface area contributed by atoms with Gasteiger partial charge in [-0.3, -0.25) is 9.59 Å². The molecule has 0 aromatic heterocycles. The summed E-state index contributed by atoms with van der Waals surface area (Å²) in [5.74, 6) is -1.69. The zero-order valence-corrected chi connectivity index (χ0v) is 11.4. The molecule has 1 aromatic carbocycles. The van der Waals surface area contributed by atoms with Gasteiger partial charge in [-0.25, -0.2) is 4.39 Å². The number of nitrogens with two attached hydrogens (primary N) is 1. The fourth-order valence-electron chi connectivity index (χ4n) is 2.74. The number of amides is 1. The van der Waals surface area contributed by atoms with E-state index in [-0.39, 0.29) is 0 Å². The largest absolute Gasteiger partial charge is 0.452 e. The molecule has 0 bridgehead atoms. The minimum Gasteiger partial charge on any atom is -0.452 e. The number of carbonyl (C=O) groups is 2. The summed E-state index contributed by atoms with van der Waals surface area (Å²) in [4.78, 5) is 23.5. The summed E-state index contributed by atoms with van der Waals surface area (Å²) in [6.07, 6.45) is 1.70. The van der Waals surface area contributed by atoms with Crippen LogP contribution in [0.15, 0.2) is 24.3 Å². The van der Waals surface area contributed by atoms with Gasteiger partial charge in [-0.2, -0.15) is 0 Å². The Morgan fingerprint density at radius 3 is 2.45 bits per heavy atom. The van der Waals surface area contributed by atoms with Crippen molar-refractivity contribution in [3.05, 3.63) is 35.6 Å². The van der Waals surface area contributed by atoms with Gasteiger partial charge in [0, 0.05) is 5.56 Å². The van der Waals surface area contributed by atoms with Crippen LogP contribution in [0.5, 0.6) is 0 Å². The summed E-state index contributed by atoms with van der Waals surface area (Å²) < 4.78 is 19.2. The van der Waals surface area contributed by atoms with Gasteiger partial charge in [0.1, 0.15) is 5.82 Å². The minimum absolute atomic E-state index is 0.346. The molecule has 1 atom stereocenters. The number of ether oxygens (including phenoxy) is 1. The molecule has 4 nitrogen and oxygen atoms in total. The first-order chi connectivity index (χ1) is 9.47. The quantitative estimate of drug-likeness (QED) is 0.858. The second-order valence-electron chi connectivity index (χ2n) is 5.22. The van der Waals surface area contributed by atoms with Gasteiger partial charge in [-0.15, -0.1) is 0 Å². The van der Waals surface area contributed by atoms with E-state index < -0.39 is 29.2 Å². The second kappa shape index (κ2) is 5.61. The number of hydrogen-bond acceptors (Lipinski definition) is 3. The Hall–Kier alpha value is -1.91. The second-order valence-corrected chi connectivity index (χ2v) is 5.22. The van der Waals surface area contributed by atoms with Gasteiger partial charge in [-0.05, 0) is 25.8 Å². The zero-order valence-electron chi connectivity index (χ0n) is 11.4. The molecule has 1 saturated carbocycles. The molecule has 2 N–H and O–H groups in total. The van der Waals surface area contributed by atoms with E-state index in [0.717, 1.165) is 12.8 Å². The van der Waals surface area contributed by atoms with Crippen molar-refractivity contribution in [3.8, 4) is 0 Å². The lowest BCUT2D eigenvalue weighted by Gasteiger charge is -2.28. The van der Waals surface area contributed by atoms with E-state index in [4.69, 9.17) is 10.5 Å². The lowest BCUT2D eigenvalue weighted by Crippen LogP contribution is -2.40. The smallest absolute Gasteiger partial charge is 0.317 e. The molecular weight excluding hydrogens is 261 g/mol. The highest BCUT2D eigenvalue weighted by atomic mass is 19.1. The Balaban J connectivity index is 2.33. The SMILES string of the molecule is C[C@@H](OC(=O)C1(c2ccccc2F)CCCC1)C(N)=O. The van der Waals surface area contributed by atoms with Crippen LogP contribution in [0.1, 0.15) is 38.2 Å². The van der Waals surface area contributed by atoms with Crippen LogP contribution >= 0.6 is 0 Å². The standard InChI is InChI=1S/C15H18FNO3/c1-10(13(17)18)20-14(19)15(8-4-5-9-15)11-6-2-3-7-12(11)16/h2-3,6-7,10H,4-5,8-9H2,1H3,(H2,17,18)/t10-/m1/s1. The average Bonchev–Trinajstić information content (AvgIpc) is 2.89. The maximum atomic E-state index is 14.0. The molecule has 1 aromatic rings.